The molecular weight excluding hydrogens is 494 g/mol. The Bertz CT molecular complexity index is 530. The van der Waals surface area contributed by atoms with Gasteiger partial charge in [0.05, 0.1) is 106 Å². The van der Waals surface area contributed by atoms with E-state index in [0.717, 1.165) is 0 Å². The molecule has 0 saturated heterocycles. The van der Waals surface area contributed by atoms with Crippen LogP contribution in [-0.2, 0) is 52.2 Å². The van der Waals surface area contributed by atoms with Crippen LogP contribution in [0.2, 0.25) is 0 Å². The Morgan fingerprint density at radius 3 is 1.19 bits per heavy atom. The van der Waals surface area contributed by atoms with E-state index in [2.05, 4.69) is 10.1 Å². The van der Waals surface area contributed by atoms with Crippen molar-refractivity contribution in [1.29, 1.82) is 0 Å². The molecular formula is C24H47NO12. The third-order valence-corrected chi connectivity index (χ3v) is 3.97. The second-order valence-corrected chi connectivity index (χ2v) is 8.34. The molecule has 1 amide bonds. The average Bonchev–Trinajstić information content (AvgIpc) is 2.84. The third kappa shape index (κ3) is 30.5. The van der Waals surface area contributed by atoms with Gasteiger partial charge >= 0.3 is 12.1 Å². The highest BCUT2D eigenvalue weighted by atomic mass is 16.6. The van der Waals surface area contributed by atoms with Crippen molar-refractivity contribution in [1.82, 2.24) is 5.32 Å². The highest BCUT2D eigenvalue weighted by molar-refractivity contribution is 5.70. The van der Waals surface area contributed by atoms with Crippen LogP contribution in [0.4, 0.5) is 4.79 Å². The zero-order chi connectivity index (χ0) is 27.5. The fraction of sp³-hybridized carbons (Fsp3) is 0.917. The molecule has 1 N–H and O–H groups in total. The molecule has 0 aliphatic heterocycles. The Morgan fingerprint density at radius 2 is 0.865 bits per heavy atom. The first kappa shape index (κ1) is 35.4. The van der Waals surface area contributed by atoms with Gasteiger partial charge in [0.2, 0.25) is 0 Å². The molecule has 0 aliphatic carbocycles. The van der Waals surface area contributed by atoms with Crippen molar-refractivity contribution in [2.75, 3.05) is 119 Å². The third-order valence-electron chi connectivity index (χ3n) is 3.97. The Balaban J connectivity index is 3.12. The van der Waals surface area contributed by atoms with Crippen LogP contribution in [0.3, 0.4) is 0 Å². The van der Waals surface area contributed by atoms with Crippen LogP contribution in [0.5, 0.6) is 0 Å². The maximum absolute atomic E-state index is 11.4. The van der Waals surface area contributed by atoms with Crippen molar-refractivity contribution < 1.29 is 57.0 Å². The Hall–Kier alpha value is -1.58. The van der Waals surface area contributed by atoms with Crippen molar-refractivity contribution in [3.63, 3.8) is 0 Å². The first-order valence-corrected chi connectivity index (χ1v) is 12.5. The summed E-state index contributed by atoms with van der Waals surface area (Å²) in [7, 11) is 1.31. The topological polar surface area (TPSA) is 138 Å². The van der Waals surface area contributed by atoms with Crippen molar-refractivity contribution in [3.8, 4) is 0 Å². The van der Waals surface area contributed by atoms with E-state index in [1.807, 2.05) is 20.8 Å². The van der Waals surface area contributed by atoms with E-state index in [0.29, 0.717) is 106 Å². The molecule has 13 heteroatoms. The highest BCUT2D eigenvalue weighted by Crippen LogP contribution is 2.06. The van der Waals surface area contributed by atoms with E-state index in [4.69, 9.17) is 42.6 Å². The molecule has 0 aliphatic rings. The van der Waals surface area contributed by atoms with E-state index in [9.17, 15) is 9.59 Å². The maximum Gasteiger partial charge on any atom is 0.407 e. The Kier molecular flexibility index (Phi) is 24.9. The SMILES string of the molecule is COC(=O)COCCOCCOCCOCCOCCOCCOCCOCCNC(=O)OC(C)(C)C. The van der Waals surface area contributed by atoms with Crippen molar-refractivity contribution in [2.45, 2.75) is 26.4 Å². The van der Waals surface area contributed by atoms with Gasteiger partial charge < -0.3 is 52.7 Å². The summed E-state index contributed by atoms with van der Waals surface area (Å²) in [6.45, 7) is 12.4. The maximum atomic E-state index is 11.4. The summed E-state index contributed by atoms with van der Waals surface area (Å²) in [4.78, 5) is 22.3. The number of amides is 1. The summed E-state index contributed by atoms with van der Waals surface area (Å²) in [5, 5.41) is 2.62. The minimum atomic E-state index is -0.511. The standard InChI is InChI=1S/C24H47NO12/c1-24(2,3)37-23(27)25-5-6-29-7-8-30-9-10-31-11-12-32-13-14-33-15-16-34-17-18-35-19-20-36-21-22(26)28-4/h5-21H2,1-4H3,(H,25,27). The monoisotopic (exact) mass is 541 g/mol. The molecule has 0 heterocycles. The molecule has 0 saturated carbocycles. The van der Waals surface area contributed by atoms with E-state index in [1.54, 1.807) is 0 Å². The van der Waals surface area contributed by atoms with E-state index < -0.39 is 17.7 Å². The summed E-state index contributed by atoms with van der Waals surface area (Å²) in [5.41, 5.74) is -0.511. The number of hydrogen-bond donors (Lipinski definition) is 1. The number of esters is 1. The number of carbonyl (C=O) groups excluding carboxylic acids is 2. The van der Waals surface area contributed by atoms with Crippen molar-refractivity contribution in [2.24, 2.45) is 0 Å². The summed E-state index contributed by atoms with van der Waals surface area (Å²) >= 11 is 0. The van der Waals surface area contributed by atoms with Crippen molar-refractivity contribution >= 4 is 12.1 Å². The Labute approximate surface area is 220 Å². The molecule has 13 nitrogen and oxygen atoms in total. The fourth-order valence-electron chi connectivity index (χ4n) is 2.29. The summed E-state index contributed by atoms with van der Waals surface area (Å²) in [6, 6.07) is 0. The minimum absolute atomic E-state index is 0.0726. The van der Waals surface area contributed by atoms with Crippen LogP contribution < -0.4 is 5.32 Å². The number of methoxy groups -OCH3 is 1. The first-order valence-electron chi connectivity index (χ1n) is 12.5. The Morgan fingerprint density at radius 1 is 0.541 bits per heavy atom. The van der Waals surface area contributed by atoms with Crippen LogP contribution >= 0.6 is 0 Å². The molecule has 0 aromatic carbocycles. The van der Waals surface area contributed by atoms with Gasteiger partial charge in [-0.15, -0.1) is 0 Å². The molecule has 0 unspecified atom stereocenters. The van der Waals surface area contributed by atoms with Gasteiger partial charge in [-0.3, -0.25) is 0 Å². The number of ether oxygens (including phenoxy) is 10. The van der Waals surface area contributed by atoms with Gasteiger partial charge in [-0.25, -0.2) is 9.59 Å². The lowest BCUT2D eigenvalue weighted by atomic mass is 10.2. The number of nitrogens with one attached hydrogen (secondary N) is 1. The lowest BCUT2D eigenvalue weighted by Gasteiger charge is -2.19. The zero-order valence-corrected chi connectivity index (χ0v) is 22.9. The van der Waals surface area contributed by atoms with Crippen LogP contribution in [0.15, 0.2) is 0 Å². The number of rotatable bonds is 26. The van der Waals surface area contributed by atoms with Crippen LogP contribution in [0.1, 0.15) is 20.8 Å². The van der Waals surface area contributed by atoms with Gasteiger partial charge in [-0.1, -0.05) is 0 Å². The highest BCUT2D eigenvalue weighted by Gasteiger charge is 2.15. The quantitative estimate of drug-likeness (QED) is 0.122. The van der Waals surface area contributed by atoms with Gasteiger partial charge in [-0.05, 0) is 20.8 Å². The van der Waals surface area contributed by atoms with Gasteiger partial charge in [0.15, 0.2) is 0 Å². The van der Waals surface area contributed by atoms with E-state index in [-0.39, 0.29) is 6.61 Å². The fourth-order valence-corrected chi connectivity index (χ4v) is 2.29. The largest absolute Gasteiger partial charge is 0.467 e. The molecule has 0 spiro atoms. The molecule has 0 aromatic rings. The lowest BCUT2D eigenvalue weighted by Crippen LogP contribution is -2.34. The number of alkyl carbamates (subject to hydrolysis) is 1. The predicted octanol–water partition coefficient (Wildman–Crippen LogP) is 0.817. The lowest BCUT2D eigenvalue weighted by molar-refractivity contribution is -0.146. The molecule has 220 valence electrons. The summed E-state index contributed by atoms with van der Waals surface area (Å²) < 4.78 is 52.3. The molecule has 0 radical (unpaired) electrons. The number of carbonyl (C=O) groups is 2. The van der Waals surface area contributed by atoms with Gasteiger partial charge in [0.1, 0.15) is 12.2 Å². The number of hydrogen-bond acceptors (Lipinski definition) is 12. The van der Waals surface area contributed by atoms with Gasteiger partial charge in [0.25, 0.3) is 0 Å². The minimum Gasteiger partial charge on any atom is -0.467 e. The molecule has 0 atom stereocenters. The van der Waals surface area contributed by atoms with E-state index >= 15 is 0 Å². The molecule has 0 aromatic heterocycles. The first-order chi connectivity index (χ1) is 17.8. The molecule has 0 bridgehead atoms. The van der Waals surface area contributed by atoms with Crippen molar-refractivity contribution in [3.05, 3.63) is 0 Å². The normalized spacial score (nSPS) is 11.5. The van der Waals surface area contributed by atoms with Crippen LogP contribution in [0.25, 0.3) is 0 Å². The molecule has 37 heavy (non-hydrogen) atoms. The average molecular weight is 542 g/mol. The van der Waals surface area contributed by atoms with Gasteiger partial charge in [-0.2, -0.15) is 0 Å². The second-order valence-electron chi connectivity index (χ2n) is 8.34. The molecule has 0 fully saturated rings. The van der Waals surface area contributed by atoms with Crippen LogP contribution in [-0.4, -0.2) is 137 Å². The molecule has 0 rings (SSSR count). The summed E-state index contributed by atoms with van der Waals surface area (Å²) in [5.74, 6) is -0.411. The zero-order valence-electron chi connectivity index (χ0n) is 22.9. The van der Waals surface area contributed by atoms with E-state index in [1.165, 1.54) is 7.11 Å². The smallest absolute Gasteiger partial charge is 0.407 e. The predicted molar refractivity (Wildman–Crippen MR) is 133 cm³/mol. The van der Waals surface area contributed by atoms with Gasteiger partial charge in [0, 0.05) is 6.54 Å². The van der Waals surface area contributed by atoms with Crippen LogP contribution in [0, 0.1) is 0 Å². The summed E-state index contributed by atoms with van der Waals surface area (Å²) in [6.07, 6.45) is -0.455. The second kappa shape index (κ2) is 26.0.